The van der Waals surface area contributed by atoms with Crippen molar-refractivity contribution in [3.8, 4) is 0 Å². The van der Waals surface area contributed by atoms with Gasteiger partial charge in [0.2, 0.25) is 5.65 Å². The standard InChI is InChI=1S/C14H19BrN6O/c1-8-11(16)14(7-22-8)2-4-21(5-3-14)9-6-17-10-12(15)19-20-13(10)18-9/h6,8,11H,2-5,7,16H2,1H3,(H,18,19,20)/t8-,11+/m0/s1. The summed E-state index contributed by atoms with van der Waals surface area (Å²) in [6.07, 6.45) is 4.03. The van der Waals surface area contributed by atoms with Crippen LogP contribution in [-0.2, 0) is 4.74 Å². The minimum atomic E-state index is 0.128. The monoisotopic (exact) mass is 366 g/mol. The predicted molar refractivity (Wildman–Crippen MR) is 86.7 cm³/mol. The topological polar surface area (TPSA) is 93.0 Å². The van der Waals surface area contributed by atoms with E-state index >= 15 is 0 Å². The second-order valence-electron chi connectivity index (χ2n) is 6.33. The lowest BCUT2D eigenvalue weighted by Crippen LogP contribution is -2.50. The molecular formula is C14H19BrN6O. The average molecular weight is 367 g/mol. The number of fused-ring (bicyclic) bond motifs is 1. The lowest BCUT2D eigenvalue weighted by atomic mass is 9.73. The highest BCUT2D eigenvalue weighted by Crippen LogP contribution is 2.41. The molecule has 4 rings (SSSR count). The van der Waals surface area contributed by atoms with Crippen LogP contribution in [-0.4, -0.2) is 52.0 Å². The summed E-state index contributed by atoms with van der Waals surface area (Å²) >= 11 is 3.38. The highest BCUT2D eigenvalue weighted by atomic mass is 79.9. The first-order valence-electron chi connectivity index (χ1n) is 7.58. The van der Waals surface area contributed by atoms with Crippen molar-refractivity contribution < 1.29 is 4.74 Å². The van der Waals surface area contributed by atoms with E-state index in [0.29, 0.717) is 5.65 Å². The molecule has 8 heteroatoms. The van der Waals surface area contributed by atoms with Crippen molar-refractivity contribution in [1.82, 2.24) is 20.2 Å². The molecule has 2 aromatic rings. The Morgan fingerprint density at radius 2 is 2.23 bits per heavy atom. The minimum Gasteiger partial charge on any atom is -0.376 e. The molecular weight excluding hydrogens is 348 g/mol. The Morgan fingerprint density at radius 3 is 2.91 bits per heavy atom. The summed E-state index contributed by atoms with van der Waals surface area (Å²) in [4.78, 5) is 11.3. The summed E-state index contributed by atoms with van der Waals surface area (Å²) in [5.74, 6) is 0.877. The number of hydrogen-bond acceptors (Lipinski definition) is 6. The van der Waals surface area contributed by atoms with Crippen LogP contribution >= 0.6 is 15.9 Å². The number of ether oxygens (including phenoxy) is 1. The second kappa shape index (κ2) is 5.14. The van der Waals surface area contributed by atoms with E-state index in [9.17, 15) is 0 Å². The van der Waals surface area contributed by atoms with Gasteiger partial charge in [-0.15, -0.1) is 0 Å². The average Bonchev–Trinajstić information content (AvgIpc) is 3.04. The number of nitrogens with one attached hydrogen (secondary N) is 1. The lowest BCUT2D eigenvalue weighted by Gasteiger charge is -2.41. The Labute approximate surface area is 136 Å². The van der Waals surface area contributed by atoms with Gasteiger partial charge in [0.25, 0.3) is 0 Å². The van der Waals surface area contributed by atoms with Crippen LogP contribution < -0.4 is 10.6 Å². The molecule has 0 saturated carbocycles. The van der Waals surface area contributed by atoms with E-state index in [4.69, 9.17) is 10.5 Å². The minimum absolute atomic E-state index is 0.128. The predicted octanol–water partition coefficient (Wildman–Crippen LogP) is 1.45. The molecule has 3 N–H and O–H groups in total. The third kappa shape index (κ3) is 2.12. The molecule has 2 saturated heterocycles. The van der Waals surface area contributed by atoms with Gasteiger partial charge >= 0.3 is 0 Å². The van der Waals surface area contributed by atoms with E-state index in [2.05, 4.69) is 47.9 Å². The number of aromatic amines is 1. The molecule has 2 aliphatic heterocycles. The molecule has 2 fully saturated rings. The number of nitrogens with zero attached hydrogens (tertiary/aromatic N) is 4. The van der Waals surface area contributed by atoms with Crippen LogP contribution in [0.5, 0.6) is 0 Å². The summed E-state index contributed by atoms with van der Waals surface area (Å²) in [5, 5.41) is 7.00. The molecule has 1 spiro atoms. The summed E-state index contributed by atoms with van der Waals surface area (Å²) in [6.45, 7) is 4.70. The fraction of sp³-hybridized carbons (Fsp3) is 0.643. The first kappa shape index (κ1) is 14.3. The zero-order valence-electron chi connectivity index (χ0n) is 12.4. The van der Waals surface area contributed by atoms with E-state index < -0.39 is 0 Å². The molecule has 0 bridgehead atoms. The number of piperidine rings is 1. The largest absolute Gasteiger partial charge is 0.376 e. The van der Waals surface area contributed by atoms with E-state index in [1.807, 2.05) is 6.20 Å². The molecule has 118 valence electrons. The zero-order chi connectivity index (χ0) is 15.3. The Hall–Kier alpha value is -1.25. The fourth-order valence-corrected chi connectivity index (χ4v) is 3.93. The first-order chi connectivity index (χ1) is 10.6. The fourth-order valence-electron chi connectivity index (χ4n) is 3.56. The molecule has 7 nitrogen and oxygen atoms in total. The molecule has 0 amide bonds. The van der Waals surface area contributed by atoms with E-state index in [1.54, 1.807) is 0 Å². The third-order valence-electron chi connectivity index (χ3n) is 5.14. The molecule has 2 aromatic heterocycles. The van der Waals surface area contributed by atoms with E-state index in [-0.39, 0.29) is 17.6 Å². The normalized spacial score (nSPS) is 27.9. The molecule has 0 aliphatic carbocycles. The smallest absolute Gasteiger partial charge is 0.202 e. The van der Waals surface area contributed by atoms with Crippen molar-refractivity contribution in [3.05, 3.63) is 10.8 Å². The molecule has 4 heterocycles. The van der Waals surface area contributed by atoms with Crippen molar-refractivity contribution in [2.45, 2.75) is 31.9 Å². The highest BCUT2D eigenvalue weighted by molar-refractivity contribution is 9.10. The van der Waals surface area contributed by atoms with Crippen molar-refractivity contribution in [2.75, 3.05) is 24.6 Å². The number of nitrogens with two attached hydrogens (primary N) is 1. The Balaban J connectivity index is 1.53. The van der Waals surface area contributed by atoms with Gasteiger partial charge in [-0.25, -0.2) is 9.97 Å². The molecule has 0 radical (unpaired) electrons. The SMILES string of the molecule is C[C@@H]1OCC2(CCN(c3cnc4c(Br)[nH]nc4n3)CC2)[C@@H]1N. The number of anilines is 1. The summed E-state index contributed by atoms with van der Waals surface area (Å²) in [7, 11) is 0. The van der Waals surface area contributed by atoms with E-state index in [1.165, 1.54) is 0 Å². The van der Waals surface area contributed by atoms with Gasteiger partial charge < -0.3 is 15.4 Å². The third-order valence-corrected chi connectivity index (χ3v) is 5.69. The van der Waals surface area contributed by atoms with Crippen molar-refractivity contribution in [2.24, 2.45) is 11.1 Å². The van der Waals surface area contributed by atoms with Crippen molar-refractivity contribution in [1.29, 1.82) is 0 Å². The molecule has 2 aliphatic rings. The Kier molecular flexibility index (Phi) is 3.35. The maximum atomic E-state index is 6.36. The Morgan fingerprint density at radius 1 is 1.45 bits per heavy atom. The second-order valence-corrected chi connectivity index (χ2v) is 7.12. The Bertz CT molecular complexity index is 696. The number of halogens is 1. The maximum Gasteiger partial charge on any atom is 0.202 e. The number of H-pyrrole nitrogens is 1. The first-order valence-corrected chi connectivity index (χ1v) is 8.37. The summed E-state index contributed by atoms with van der Waals surface area (Å²) < 4.78 is 6.53. The van der Waals surface area contributed by atoms with Gasteiger partial charge in [0.15, 0.2) is 0 Å². The van der Waals surface area contributed by atoms with Crippen molar-refractivity contribution >= 4 is 32.9 Å². The van der Waals surface area contributed by atoms with Gasteiger partial charge in [-0.05, 0) is 35.7 Å². The molecule has 2 atom stereocenters. The lowest BCUT2D eigenvalue weighted by molar-refractivity contribution is 0.0974. The maximum absolute atomic E-state index is 6.36. The van der Waals surface area contributed by atoms with Crippen LogP contribution in [0.15, 0.2) is 10.8 Å². The van der Waals surface area contributed by atoms with Crippen LogP contribution in [0.25, 0.3) is 11.2 Å². The van der Waals surface area contributed by atoms with Crippen LogP contribution in [0.2, 0.25) is 0 Å². The summed E-state index contributed by atoms with van der Waals surface area (Å²) in [6, 6.07) is 0.130. The van der Waals surface area contributed by atoms with Gasteiger partial charge in [-0.2, -0.15) is 5.10 Å². The zero-order valence-corrected chi connectivity index (χ0v) is 14.0. The number of rotatable bonds is 1. The van der Waals surface area contributed by atoms with Gasteiger partial charge in [0.1, 0.15) is 15.9 Å². The van der Waals surface area contributed by atoms with Gasteiger partial charge in [0, 0.05) is 24.5 Å². The highest BCUT2D eigenvalue weighted by Gasteiger charge is 2.47. The van der Waals surface area contributed by atoms with Gasteiger partial charge in [-0.1, -0.05) is 0 Å². The van der Waals surface area contributed by atoms with Crippen molar-refractivity contribution in [3.63, 3.8) is 0 Å². The molecule has 0 aromatic carbocycles. The quantitative estimate of drug-likeness (QED) is 0.793. The molecule has 22 heavy (non-hydrogen) atoms. The van der Waals surface area contributed by atoms with Crippen LogP contribution in [0, 0.1) is 5.41 Å². The number of hydrogen-bond donors (Lipinski definition) is 2. The van der Waals surface area contributed by atoms with Gasteiger partial charge in [0.05, 0.1) is 18.9 Å². The van der Waals surface area contributed by atoms with Crippen LogP contribution in [0.4, 0.5) is 5.82 Å². The van der Waals surface area contributed by atoms with Crippen LogP contribution in [0.3, 0.4) is 0 Å². The van der Waals surface area contributed by atoms with E-state index in [0.717, 1.165) is 48.5 Å². The van der Waals surface area contributed by atoms with Gasteiger partial charge in [-0.3, -0.25) is 5.10 Å². The number of aromatic nitrogens is 4. The van der Waals surface area contributed by atoms with Crippen LogP contribution in [0.1, 0.15) is 19.8 Å². The molecule has 0 unspecified atom stereocenters. The summed E-state index contributed by atoms with van der Waals surface area (Å²) in [5.41, 5.74) is 7.89.